The average Bonchev–Trinajstić information content (AvgIpc) is 2.65. The lowest BCUT2D eigenvalue weighted by Gasteiger charge is -1.89. The smallest absolute Gasteiger partial charge is 0.155 e. The van der Waals surface area contributed by atoms with E-state index in [1.54, 1.807) is 12.4 Å². The van der Waals surface area contributed by atoms with E-state index in [0.29, 0.717) is 12.3 Å². The lowest BCUT2D eigenvalue weighted by Crippen LogP contribution is -1.80. The van der Waals surface area contributed by atoms with Gasteiger partial charge in [0, 0.05) is 29.4 Å². The predicted octanol–water partition coefficient (Wildman–Crippen LogP) is 1.94. The van der Waals surface area contributed by atoms with Gasteiger partial charge < -0.3 is 0 Å². The molecule has 0 atom stereocenters. The molecule has 0 unspecified atom stereocenters. The van der Waals surface area contributed by atoms with E-state index < -0.39 is 0 Å². The van der Waals surface area contributed by atoms with E-state index in [2.05, 4.69) is 27.0 Å². The molecule has 0 bridgehead atoms. The largest absolute Gasteiger partial charge is 0.261 e. The quantitative estimate of drug-likeness (QED) is 0.571. The zero-order valence-electron chi connectivity index (χ0n) is 7.42. The number of aromatic nitrogens is 3. The number of nitrogens with one attached hydrogen (secondary N) is 1. The third kappa shape index (κ3) is 1.86. The summed E-state index contributed by atoms with van der Waals surface area (Å²) in [5, 5.41) is 7.64. The van der Waals surface area contributed by atoms with Crippen molar-refractivity contribution in [1.29, 1.82) is 0 Å². The molecule has 4 heteroatoms. The summed E-state index contributed by atoms with van der Waals surface area (Å²) < 4.78 is 0. The molecule has 70 valence electrons. The number of aromatic amines is 1. The van der Waals surface area contributed by atoms with E-state index in [9.17, 15) is 0 Å². The van der Waals surface area contributed by atoms with Gasteiger partial charge in [0.15, 0.2) is 5.65 Å². The standard InChI is InChI=1S/C10H8ClN3/c11-4-2-1-3-8-5-9-7-13-14-10(9)12-6-8/h5-7H,2,4H2,(H,12,13,14). The maximum Gasteiger partial charge on any atom is 0.155 e. The molecule has 0 spiro atoms. The van der Waals surface area contributed by atoms with E-state index in [1.165, 1.54) is 0 Å². The minimum atomic E-state index is 0.564. The molecule has 2 aromatic heterocycles. The summed E-state index contributed by atoms with van der Waals surface area (Å²) in [6, 6.07) is 1.95. The monoisotopic (exact) mass is 205 g/mol. The maximum absolute atomic E-state index is 5.51. The van der Waals surface area contributed by atoms with Crippen LogP contribution in [-0.2, 0) is 0 Å². The average molecular weight is 206 g/mol. The summed E-state index contributed by atoms with van der Waals surface area (Å²) in [5.74, 6) is 6.51. The summed E-state index contributed by atoms with van der Waals surface area (Å²) in [5.41, 5.74) is 1.68. The van der Waals surface area contributed by atoms with Crippen LogP contribution >= 0.6 is 11.6 Å². The molecule has 0 aromatic carbocycles. The topological polar surface area (TPSA) is 41.6 Å². The first-order valence-electron chi connectivity index (χ1n) is 4.24. The zero-order chi connectivity index (χ0) is 9.80. The van der Waals surface area contributed by atoms with Crippen LogP contribution in [0.2, 0.25) is 0 Å². The van der Waals surface area contributed by atoms with Crippen LogP contribution < -0.4 is 0 Å². The van der Waals surface area contributed by atoms with E-state index in [1.807, 2.05) is 6.07 Å². The van der Waals surface area contributed by atoms with Gasteiger partial charge in [0.1, 0.15) is 0 Å². The van der Waals surface area contributed by atoms with Gasteiger partial charge in [0.2, 0.25) is 0 Å². The van der Waals surface area contributed by atoms with Crippen molar-refractivity contribution in [2.45, 2.75) is 6.42 Å². The van der Waals surface area contributed by atoms with E-state index in [4.69, 9.17) is 11.6 Å². The highest BCUT2D eigenvalue weighted by Crippen LogP contribution is 2.08. The Kier molecular flexibility index (Phi) is 2.66. The van der Waals surface area contributed by atoms with Gasteiger partial charge in [-0.1, -0.05) is 11.8 Å². The molecular weight excluding hydrogens is 198 g/mol. The minimum absolute atomic E-state index is 0.564. The van der Waals surface area contributed by atoms with Gasteiger partial charge in [-0.05, 0) is 6.07 Å². The second kappa shape index (κ2) is 4.12. The Bertz CT molecular complexity index is 493. The predicted molar refractivity (Wildman–Crippen MR) is 56.1 cm³/mol. The lowest BCUT2D eigenvalue weighted by molar-refractivity contribution is 1.10. The summed E-state index contributed by atoms with van der Waals surface area (Å²) in [4.78, 5) is 4.17. The second-order valence-corrected chi connectivity index (χ2v) is 3.15. The van der Waals surface area contributed by atoms with Crippen LogP contribution in [-0.4, -0.2) is 21.1 Å². The third-order valence-corrected chi connectivity index (χ3v) is 1.93. The molecule has 0 aliphatic rings. The second-order valence-electron chi connectivity index (χ2n) is 2.77. The van der Waals surface area contributed by atoms with Crippen molar-refractivity contribution < 1.29 is 0 Å². The van der Waals surface area contributed by atoms with Crippen molar-refractivity contribution in [3.05, 3.63) is 24.0 Å². The number of nitrogens with zero attached hydrogens (tertiary/aromatic N) is 2. The van der Waals surface area contributed by atoms with Crippen molar-refractivity contribution >= 4 is 22.6 Å². The van der Waals surface area contributed by atoms with Crippen molar-refractivity contribution in [3.8, 4) is 11.8 Å². The van der Waals surface area contributed by atoms with Crippen molar-refractivity contribution in [3.63, 3.8) is 0 Å². The Labute approximate surface area is 86.5 Å². The van der Waals surface area contributed by atoms with E-state index >= 15 is 0 Å². The number of H-pyrrole nitrogens is 1. The van der Waals surface area contributed by atoms with Gasteiger partial charge in [-0.2, -0.15) is 5.10 Å². The van der Waals surface area contributed by atoms with Crippen LogP contribution in [0.4, 0.5) is 0 Å². The van der Waals surface area contributed by atoms with Gasteiger partial charge >= 0.3 is 0 Å². The Morgan fingerprint density at radius 3 is 3.21 bits per heavy atom. The number of alkyl halides is 1. The fraction of sp³-hybridized carbons (Fsp3) is 0.200. The molecule has 2 heterocycles. The van der Waals surface area contributed by atoms with Crippen molar-refractivity contribution in [2.75, 3.05) is 5.88 Å². The van der Waals surface area contributed by atoms with Crippen molar-refractivity contribution in [2.24, 2.45) is 0 Å². The van der Waals surface area contributed by atoms with Gasteiger partial charge in [0.25, 0.3) is 0 Å². The number of rotatable bonds is 1. The highest BCUT2D eigenvalue weighted by Gasteiger charge is 1.96. The van der Waals surface area contributed by atoms with Gasteiger partial charge in [0.05, 0.1) is 6.20 Å². The van der Waals surface area contributed by atoms with E-state index in [0.717, 1.165) is 16.6 Å². The number of pyridine rings is 1. The van der Waals surface area contributed by atoms with Gasteiger partial charge in [-0.3, -0.25) is 5.10 Å². The molecule has 1 N–H and O–H groups in total. The first-order chi connectivity index (χ1) is 6.90. The Balaban J connectivity index is 2.31. The summed E-state index contributed by atoms with van der Waals surface area (Å²) >= 11 is 5.51. The van der Waals surface area contributed by atoms with Crippen LogP contribution in [0, 0.1) is 11.8 Å². The fourth-order valence-corrected chi connectivity index (χ4v) is 1.21. The molecule has 0 aliphatic heterocycles. The SMILES string of the molecule is ClCCC#Cc1cnc2[nH]ncc2c1. The maximum atomic E-state index is 5.51. The highest BCUT2D eigenvalue weighted by molar-refractivity contribution is 6.18. The first kappa shape index (κ1) is 9.04. The Hall–Kier alpha value is -1.53. The number of hydrogen-bond donors (Lipinski definition) is 1. The van der Waals surface area contributed by atoms with Gasteiger partial charge in [-0.15, -0.1) is 11.6 Å². The van der Waals surface area contributed by atoms with Crippen LogP contribution in [0.5, 0.6) is 0 Å². The molecule has 3 nitrogen and oxygen atoms in total. The van der Waals surface area contributed by atoms with Crippen molar-refractivity contribution in [1.82, 2.24) is 15.2 Å². The molecule has 0 fully saturated rings. The molecular formula is C10H8ClN3. The van der Waals surface area contributed by atoms with Crippen LogP contribution in [0.15, 0.2) is 18.5 Å². The minimum Gasteiger partial charge on any atom is -0.261 e. The molecule has 0 saturated heterocycles. The fourth-order valence-electron chi connectivity index (χ4n) is 1.12. The van der Waals surface area contributed by atoms with Gasteiger partial charge in [-0.25, -0.2) is 4.98 Å². The Morgan fingerprint density at radius 2 is 2.36 bits per heavy atom. The molecule has 2 aromatic rings. The normalized spacial score (nSPS) is 9.79. The van der Waals surface area contributed by atoms with Crippen LogP contribution in [0.3, 0.4) is 0 Å². The number of hydrogen-bond acceptors (Lipinski definition) is 2. The zero-order valence-corrected chi connectivity index (χ0v) is 8.17. The molecule has 14 heavy (non-hydrogen) atoms. The molecule has 0 saturated carbocycles. The molecule has 0 radical (unpaired) electrons. The third-order valence-electron chi connectivity index (χ3n) is 1.74. The lowest BCUT2D eigenvalue weighted by atomic mass is 10.2. The first-order valence-corrected chi connectivity index (χ1v) is 4.77. The summed E-state index contributed by atoms with van der Waals surface area (Å²) in [6.45, 7) is 0. The summed E-state index contributed by atoms with van der Waals surface area (Å²) in [7, 11) is 0. The number of halogens is 1. The molecule has 2 rings (SSSR count). The highest BCUT2D eigenvalue weighted by atomic mass is 35.5. The molecule has 0 amide bonds. The van der Waals surface area contributed by atoms with Crippen LogP contribution in [0.25, 0.3) is 11.0 Å². The summed E-state index contributed by atoms with van der Waals surface area (Å²) in [6.07, 6.45) is 4.15. The Morgan fingerprint density at radius 1 is 1.43 bits per heavy atom. The van der Waals surface area contributed by atoms with Crippen LogP contribution in [0.1, 0.15) is 12.0 Å². The van der Waals surface area contributed by atoms with E-state index in [-0.39, 0.29) is 0 Å². The number of fused-ring (bicyclic) bond motifs is 1. The molecule has 0 aliphatic carbocycles.